The van der Waals surface area contributed by atoms with E-state index >= 15 is 0 Å². The highest BCUT2D eigenvalue weighted by atomic mass is 16.6. The first-order chi connectivity index (χ1) is 12.6. The number of carbonyl (C=O) groups is 1. The first kappa shape index (κ1) is 16.0. The molecule has 0 atom stereocenters. The van der Waals surface area contributed by atoms with Crippen LogP contribution in [0.15, 0.2) is 69.8 Å². The second-order valence-electron chi connectivity index (χ2n) is 6.08. The number of nitrogens with zero attached hydrogens (tertiary/aromatic N) is 2. The van der Waals surface area contributed by atoms with Gasteiger partial charge in [0.2, 0.25) is 5.90 Å². The Hall–Kier alpha value is -3.47. The van der Waals surface area contributed by atoms with Crippen molar-refractivity contribution in [1.82, 2.24) is 5.16 Å². The molecule has 0 saturated heterocycles. The maximum absolute atomic E-state index is 12.3. The average molecular weight is 344 g/mol. The van der Waals surface area contributed by atoms with Crippen molar-refractivity contribution in [2.45, 2.75) is 13.8 Å². The number of aromatic nitrogens is 1. The van der Waals surface area contributed by atoms with Crippen LogP contribution in [0.4, 0.5) is 0 Å². The molecule has 0 aliphatic carbocycles. The van der Waals surface area contributed by atoms with Crippen LogP contribution in [-0.4, -0.2) is 17.0 Å². The lowest BCUT2D eigenvalue weighted by Crippen LogP contribution is -2.07. The number of cyclic esters (lactones) is 1. The smallest absolute Gasteiger partial charge is 0.363 e. The molecule has 0 radical (unpaired) electrons. The second-order valence-corrected chi connectivity index (χ2v) is 6.08. The molecule has 1 aromatic heterocycles. The minimum Gasteiger partial charge on any atom is -0.402 e. The Kier molecular flexibility index (Phi) is 3.97. The molecule has 0 fully saturated rings. The van der Waals surface area contributed by atoms with Crippen LogP contribution in [0.1, 0.15) is 22.5 Å². The second kappa shape index (κ2) is 6.44. The fourth-order valence-electron chi connectivity index (χ4n) is 2.75. The summed E-state index contributed by atoms with van der Waals surface area (Å²) in [6.07, 6.45) is 1.71. The zero-order chi connectivity index (χ0) is 18.1. The van der Waals surface area contributed by atoms with Crippen LogP contribution in [-0.2, 0) is 9.53 Å². The number of hydrogen-bond acceptors (Lipinski definition) is 5. The van der Waals surface area contributed by atoms with E-state index in [9.17, 15) is 4.79 Å². The maximum Gasteiger partial charge on any atom is 0.363 e. The van der Waals surface area contributed by atoms with E-state index in [1.165, 1.54) is 0 Å². The van der Waals surface area contributed by atoms with Crippen LogP contribution in [0.5, 0.6) is 0 Å². The van der Waals surface area contributed by atoms with Crippen LogP contribution >= 0.6 is 0 Å². The Morgan fingerprint density at radius 2 is 1.69 bits per heavy atom. The highest BCUT2D eigenvalue weighted by Crippen LogP contribution is 2.29. The van der Waals surface area contributed by atoms with Gasteiger partial charge < -0.3 is 9.26 Å². The van der Waals surface area contributed by atoms with E-state index in [2.05, 4.69) is 10.1 Å². The van der Waals surface area contributed by atoms with E-state index in [-0.39, 0.29) is 11.6 Å². The third kappa shape index (κ3) is 2.95. The Morgan fingerprint density at radius 3 is 2.42 bits per heavy atom. The quantitative estimate of drug-likeness (QED) is 0.525. The Bertz CT molecular complexity index is 1030. The van der Waals surface area contributed by atoms with E-state index < -0.39 is 5.97 Å². The molecule has 0 saturated carbocycles. The Morgan fingerprint density at radius 1 is 0.962 bits per heavy atom. The minimum absolute atomic E-state index is 0.214. The Labute approximate surface area is 150 Å². The van der Waals surface area contributed by atoms with E-state index in [0.29, 0.717) is 17.0 Å². The van der Waals surface area contributed by atoms with Gasteiger partial charge in [-0.1, -0.05) is 65.3 Å². The largest absolute Gasteiger partial charge is 0.402 e. The number of aliphatic imine (C=N–C) groups is 1. The molecule has 0 spiro atoms. The summed E-state index contributed by atoms with van der Waals surface area (Å²) < 4.78 is 10.7. The number of aryl methyl sites for hydroxylation is 2. The van der Waals surface area contributed by atoms with E-state index in [1.54, 1.807) is 13.0 Å². The SMILES string of the molecule is Cc1ccc(/C=C2\N=C(c3c(-c4ccccc4)noc3C)OC2=O)cc1. The molecule has 1 aliphatic rings. The van der Waals surface area contributed by atoms with Gasteiger partial charge in [-0.15, -0.1) is 0 Å². The summed E-state index contributed by atoms with van der Waals surface area (Å²) >= 11 is 0. The molecule has 1 aliphatic heterocycles. The van der Waals surface area contributed by atoms with Crippen molar-refractivity contribution in [2.75, 3.05) is 0 Å². The van der Waals surface area contributed by atoms with Crippen molar-refractivity contribution < 1.29 is 14.1 Å². The summed E-state index contributed by atoms with van der Waals surface area (Å²) in [5.74, 6) is 0.276. The minimum atomic E-state index is -0.486. The number of hydrogen-bond donors (Lipinski definition) is 0. The van der Waals surface area contributed by atoms with Gasteiger partial charge in [0.15, 0.2) is 5.70 Å². The van der Waals surface area contributed by atoms with E-state index in [0.717, 1.165) is 16.7 Å². The molecule has 4 rings (SSSR count). The summed E-state index contributed by atoms with van der Waals surface area (Å²) in [5, 5.41) is 4.11. The van der Waals surface area contributed by atoms with Gasteiger partial charge in [-0.05, 0) is 25.5 Å². The monoisotopic (exact) mass is 344 g/mol. The van der Waals surface area contributed by atoms with Crippen LogP contribution in [0, 0.1) is 13.8 Å². The summed E-state index contributed by atoms with van der Waals surface area (Å²) in [7, 11) is 0. The Balaban J connectivity index is 1.75. The van der Waals surface area contributed by atoms with Crippen molar-refractivity contribution >= 4 is 17.9 Å². The third-order valence-electron chi connectivity index (χ3n) is 4.13. The first-order valence-corrected chi connectivity index (χ1v) is 8.23. The van der Waals surface area contributed by atoms with E-state index in [4.69, 9.17) is 9.26 Å². The highest BCUT2D eigenvalue weighted by molar-refractivity contribution is 6.15. The summed E-state index contributed by atoms with van der Waals surface area (Å²) in [6, 6.07) is 17.4. The van der Waals surface area contributed by atoms with Crippen LogP contribution in [0.3, 0.4) is 0 Å². The standard InChI is InChI=1S/C21H16N2O3/c1-13-8-10-15(11-9-13)12-17-21(24)25-20(22-17)18-14(2)26-23-19(18)16-6-4-3-5-7-16/h3-12H,1-2H3/b17-12-. The summed E-state index contributed by atoms with van der Waals surface area (Å²) in [4.78, 5) is 16.6. The molecule has 0 N–H and O–H groups in total. The molecule has 2 heterocycles. The molecule has 5 nitrogen and oxygen atoms in total. The predicted octanol–water partition coefficient (Wildman–Crippen LogP) is 4.30. The lowest BCUT2D eigenvalue weighted by Gasteiger charge is -2.01. The van der Waals surface area contributed by atoms with Gasteiger partial charge in [0, 0.05) is 5.56 Å². The number of esters is 1. The van der Waals surface area contributed by atoms with Gasteiger partial charge in [0.05, 0.1) is 0 Å². The first-order valence-electron chi connectivity index (χ1n) is 8.23. The molecule has 2 aromatic carbocycles. The zero-order valence-corrected chi connectivity index (χ0v) is 14.4. The summed E-state index contributed by atoms with van der Waals surface area (Å²) in [6.45, 7) is 3.78. The highest BCUT2D eigenvalue weighted by Gasteiger charge is 2.30. The summed E-state index contributed by atoms with van der Waals surface area (Å²) in [5.41, 5.74) is 4.36. The van der Waals surface area contributed by atoms with Crippen LogP contribution in [0.2, 0.25) is 0 Å². The van der Waals surface area contributed by atoms with Crippen molar-refractivity contribution in [1.29, 1.82) is 0 Å². The predicted molar refractivity (Wildman–Crippen MR) is 98.5 cm³/mol. The topological polar surface area (TPSA) is 64.7 Å². The van der Waals surface area contributed by atoms with Crippen molar-refractivity contribution in [2.24, 2.45) is 4.99 Å². The number of benzene rings is 2. The van der Waals surface area contributed by atoms with Crippen LogP contribution < -0.4 is 0 Å². The molecule has 5 heteroatoms. The maximum atomic E-state index is 12.3. The van der Waals surface area contributed by atoms with Gasteiger partial charge in [-0.2, -0.15) is 0 Å². The van der Waals surface area contributed by atoms with Crippen LogP contribution in [0.25, 0.3) is 17.3 Å². The van der Waals surface area contributed by atoms with E-state index in [1.807, 2.05) is 61.5 Å². The third-order valence-corrected chi connectivity index (χ3v) is 4.13. The van der Waals surface area contributed by atoms with Gasteiger partial charge in [-0.25, -0.2) is 9.79 Å². The van der Waals surface area contributed by atoms with Gasteiger partial charge in [-0.3, -0.25) is 0 Å². The normalized spacial score (nSPS) is 15.2. The van der Waals surface area contributed by atoms with Crippen molar-refractivity contribution in [3.8, 4) is 11.3 Å². The molecule has 0 amide bonds. The zero-order valence-electron chi connectivity index (χ0n) is 14.4. The molecule has 3 aromatic rings. The number of carbonyl (C=O) groups excluding carboxylic acids is 1. The number of ether oxygens (including phenoxy) is 1. The van der Waals surface area contributed by atoms with Gasteiger partial charge in [0.25, 0.3) is 0 Å². The lowest BCUT2D eigenvalue weighted by atomic mass is 10.1. The molecule has 26 heavy (non-hydrogen) atoms. The van der Waals surface area contributed by atoms with Gasteiger partial charge >= 0.3 is 5.97 Å². The molecule has 128 valence electrons. The average Bonchev–Trinajstić information content (AvgIpc) is 3.20. The van der Waals surface area contributed by atoms with Crippen molar-refractivity contribution in [3.63, 3.8) is 0 Å². The fraction of sp³-hybridized carbons (Fsp3) is 0.0952. The molecule has 0 bridgehead atoms. The lowest BCUT2D eigenvalue weighted by molar-refractivity contribution is -0.129. The molecular weight excluding hydrogens is 328 g/mol. The molecule has 0 unspecified atom stereocenters. The number of rotatable bonds is 3. The fourth-order valence-corrected chi connectivity index (χ4v) is 2.75. The molecular formula is C21H16N2O3. The van der Waals surface area contributed by atoms with Crippen molar-refractivity contribution in [3.05, 3.63) is 82.7 Å². The van der Waals surface area contributed by atoms with Gasteiger partial charge in [0.1, 0.15) is 17.0 Å².